The Morgan fingerprint density at radius 3 is 2.16 bits per heavy atom. The standard InChI is InChI=1S/C17H30N2/c1-15-7-14-8-16(2,10-15)12-17(9-14,11-15)13-19-5-3-18-4-6-19/h14,18H,3-13H2,1-2H3. The summed E-state index contributed by atoms with van der Waals surface area (Å²) in [6, 6.07) is 0. The minimum Gasteiger partial charge on any atom is -0.314 e. The van der Waals surface area contributed by atoms with Gasteiger partial charge < -0.3 is 10.2 Å². The van der Waals surface area contributed by atoms with Crippen LogP contribution in [0.1, 0.15) is 52.4 Å². The second-order valence-corrected chi connectivity index (χ2v) is 9.16. The number of nitrogens with zero attached hydrogens (tertiary/aromatic N) is 1. The quantitative estimate of drug-likeness (QED) is 0.823. The van der Waals surface area contributed by atoms with Gasteiger partial charge in [0.25, 0.3) is 0 Å². The van der Waals surface area contributed by atoms with Gasteiger partial charge in [-0.2, -0.15) is 0 Å². The van der Waals surface area contributed by atoms with E-state index in [1.54, 1.807) is 6.42 Å². The molecule has 5 fully saturated rings. The summed E-state index contributed by atoms with van der Waals surface area (Å²) in [5.74, 6) is 1.05. The Bertz CT molecular complexity index is 353. The molecule has 2 nitrogen and oxygen atoms in total. The van der Waals surface area contributed by atoms with Gasteiger partial charge in [-0.3, -0.25) is 0 Å². The lowest BCUT2D eigenvalue weighted by Gasteiger charge is -2.66. The Balaban J connectivity index is 1.56. The molecule has 4 bridgehead atoms. The highest BCUT2D eigenvalue weighted by molar-refractivity contribution is 5.11. The van der Waals surface area contributed by atoms with Crippen LogP contribution in [0.4, 0.5) is 0 Å². The van der Waals surface area contributed by atoms with E-state index in [2.05, 4.69) is 24.1 Å². The number of piperazine rings is 1. The first-order valence-electron chi connectivity index (χ1n) is 8.42. The van der Waals surface area contributed by atoms with Crippen molar-refractivity contribution in [2.45, 2.75) is 52.4 Å². The summed E-state index contributed by atoms with van der Waals surface area (Å²) >= 11 is 0. The van der Waals surface area contributed by atoms with E-state index in [1.807, 2.05) is 0 Å². The monoisotopic (exact) mass is 262 g/mol. The third-order valence-corrected chi connectivity index (χ3v) is 6.51. The third kappa shape index (κ3) is 2.15. The molecule has 1 N–H and O–H groups in total. The summed E-state index contributed by atoms with van der Waals surface area (Å²) in [4.78, 5) is 2.76. The van der Waals surface area contributed by atoms with Gasteiger partial charge in [0, 0.05) is 32.7 Å². The smallest absolute Gasteiger partial charge is 0.0108 e. The maximum atomic E-state index is 3.50. The average Bonchev–Trinajstić information content (AvgIpc) is 2.24. The highest BCUT2D eigenvalue weighted by Gasteiger charge is 2.60. The average molecular weight is 262 g/mol. The summed E-state index contributed by atoms with van der Waals surface area (Å²) in [7, 11) is 0. The highest BCUT2D eigenvalue weighted by atomic mass is 15.2. The van der Waals surface area contributed by atoms with Crippen molar-refractivity contribution in [1.82, 2.24) is 10.2 Å². The first-order valence-corrected chi connectivity index (χ1v) is 8.42. The first-order chi connectivity index (χ1) is 8.99. The largest absolute Gasteiger partial charge is 0.314 e. The van der Waals surface area contributed by atoms with E-state index in [0.717, 1.165) is 5.92 Å². The van der Waals surface area contributed by atoms with E-state index < -0.39 is 0 Å². The number of hydrogen-bond acceptors (Lipinski definition) is 2. The number of rotatable bonds is 2. The fourth-order valence-corrected chi connectivity index (χ4v) is 7.20. The summed E-state index contributed by atoms with van der Waals surface area (Å²) in [6.45, 7) is 11.6. The van der Waals surface area contributed by atoms with Crippen LogP contribution in [0.5, 0.6) is 0 Å². The van der Waals surface area contributed by atoms with Gasteiger partial charge in [0.15, 0.2) is 0 Å². The van der Waals surface area contributed by atoms with Crippen LogP contribution in [0.3, 0.4) is 0 Å². The van der Waals surface area contributed by atoms with Crippen LogP contribution in [0.2, 0.25) is 0 Å². The van der Waals surface area contributed by atoms with E-state index in [-0.39, 0.29) is 0 Å². The van der Waals surface area contributed by atoms with Gasteiger partial charge in [0.1, 0.15) is 0 Å². The van der Waals surface area contributed by atoms with Crippen LogP contribution in [-0.2, 0) is 0 Å². The van der Waals surface area contributed by atoms with Crippen LogP contribution in [0.15, 0.2) is 0 Å². The van der Waals surface area contributed by atoms with Gasteiger partial charge in [-0.1, -0.05) is 13.8 Å². The Hall–Kier alpha value is -0.0800. The molecule has 1 aliphatic heterocycles. The number of hydrogen-bond donors (Lipinski definition) is 1. The molecule has 108 valence electrons. The summed E-state index contributed by atoms with van der Waals surface area (Å²) < 4.78 is 0. The van der Waals surface area contributed by atoms with Gasteiger partial charge in [-0.25, -0.2) is 0 Å². The molecule has 0 spiro atoms. The molecule has 4 saturated carbocycles. The highest BCUT2D eigenvalue weighted by Crippen LogP contribution is 2.69. The second kappa shape index (κ2) is 3.98. The lowest BCUT2D eigenvalue weighted by Crippen LogP contribution is -2.59. The summed E-state index contributed by atoms with van der Waals surface area (Å²) in [5.41, 5.74) is 2.05. The predicted molar refractivity (Wildman–Crippen MR) is 79.1 cm³/mol. The van der Waals surface area contributed by atoms with Gasteiger partial charge in [-0.05, 0) is 60.7 Å². The Morgan fingerprint density at radius 2 is 1.58 bits per heavy atom. The van der Waals surface area contributed by atoms with Crippen molar-refractivity contribution in [3.05, 3.63) is 0 Å². The van der Waals surface area contributed by atoms with Crippen LogP contribution >= 0.6 is 0 Å². The van der Waals surface area contributed by atoms with Crippen LogP contribution in [-0.4, -0.2) is 37.6 Å². The molecular weight excluding hydrogens is 232 g/mol. The maximum absolute atomic E-state index is 3.50. The van der Waals surface area contributed by atoms with Crippen molar-refractivity contribution in [1.29, 1.82) is 0 Å². The summed E-state index contributed by atoms with van der Waals surface area (Å²) in [6.07, 6.45) is 9.17. The molecule has 2 atom stereocenters. The zero-order valence-electron chi connectivity index (χ0n) is 12.8. The van der Waals surface area contributed by atoms with Crippen molar-refractivity contribution in [2.24, 2.45) is 22.2 Å². The molecular formula is C17H30N2. The van der Waals surface area contributed by atoms with Crippen molar-refractivity contribution in [3.8, 4) is 0 Å². The fourth-order valence-electron chi connectivity index (χ4n) is 7.20. The van der Waals surface area contributed by atoms with Gasteiger partial charge in [0.2, 0.25) is 0 Å². The normalized spacial score (nSPS) is 53.7. The minimum atomic E-state index is 0.681. The Morgan fingerprint density at radius 1 is 0.947 bits per heavy atom. The molecule has 2 heteroatoms. The van der Waals surface area contributed by atoms with Crippen LogP contribution in [0.25, 0.3) is 0 Å². The van der Waals surface area contributed by atoms with E-state index in [9.17, 15) is 0 Å². The summed E-state index contributed by atoms with van der Waals surface area (Å²) in [5, 5.41) is 3.50. The Kier molecular flexibility index (Phi) is 2.65. The molecule has 1 saturated heterocycles. The molecule has 0 aromatic carbocycles. The molecule has 2 unspecified atom stereocenters. The van der Waals surface area contributed by atoms with Gasteiger partial charge in [-0.15, -0.1) is 0 Å². The number of nitrogens with one attached hydrogen (secondary N) is 1. The lowest BCUT2D eigenvalue weighted by atomic mass is 9.40. The van der Waals surface area contributed by atoms with E-state index in [4.69, 9.17) is 0 Å². The van der Waals surface area contributed by atoms with Crippen LogP contribution in [0, 0.1) is 22.2 Å². The molecule has 4 aliphatic carbocycles. The van der Waals surface area contributed by atoms with E-state index in [0.29, 0.717) is 16.2 Å². The van der Waals surface area contributed by atoms with Crippen molar-refractivity contribution in [3.63, 3.8) is 0 Å². The topological polar surface area (TPSA) is 15.3 Å². The maximum Gasteiger partial charge on any atom is 0.0108 e. The zero-order valence-corrected chi connectivity index (χ0v) is 12.8. The molecule has 0 amide bonds. The molecule has 0 aromatic rings. The molecule has 0 radical (unpaired) electrons. The zero-order chi connectivity index (χ0) is 13.1. The van der Waals surface area contributed by atoms with Crippen molar-refractivity contribution in [2.75, 3.05) is 32.7 Å². The molecule has 5 rings (SSSR count). The molecule has 19 heavy (non-hydrogen) atoms. The third-order valence-electron chi connectivity index (χ3n) is 6.51. The van der Waals surface area contributed by atoms with E-state index in [1.165, 1.54) is 64.8 Å². The van der Waals surface area contributed by atoms with E-state index >= 15 is 0 Å². The lowest BCUT2D eigenvalue weighted by molar-refractivity contribution is -0.153. The second-order valence-electron chi connectivity index (χ2n) is 9.16. The Labute approximate surface area is 118 Å². The molecule has 1 heterocycles. The molecule has 0 aromatic heterocycles. The predicted octanol–water partition coefficient (Wildman–Crippen LogP) is 2.89. The van der Waals surface area contributed by atoms with Crippen molar-refractivity contribution >= 4 is 0 Å². The van der Waals surface area contributed by atoms with Crippen molar-refractivity contribution < 1.29 is 0 Å². The SMILES string of the molecule is CC12CC3CC(C)(C1)CC(CN1CCNCC1)(C3)C2. The minimum absolute atomic E-state index is 0.681. The van der Waals surface area contributed by atoms with Gasteiger partial charge >= 0.3 is 0 Å². The fraction of sp³-hybridized carbons (Fsp3) is 1.00. The molecule has 5 aliphatic rings. The first kappa shape index (κ1) is 12.6. The van der Waals surface area contributed by atoms with Crippen LogP contribution < -0.4 is 5.32 Å². The van der Waals surface area contributed by atoms with Gasteiger partial charge in [0.05, 0.1) is 0 Å².